The van der Waals surface area contributed by atoms with Gasteiger partial charge in [-0.15, -0.1) is 0 Å². The third-order valence-corrected chi connectivity index (χ3v) is 3.55. The smallest absolute Gasteiger partial charge is 0.309 e. The molecule has 0 bridgehead atoms. The summed E-state index contributed by atoms with van der Waals surface area (Å²) >= 11 is 0. The van der Waals surface area contributed by atoms with Crippen molar-refractivity contribution in [2.45, 2.75) is 39.0 Å². The van der Waals surface area contributed by atoms with Gasteiger partial charge < -0.3 is 9.30 Å². The van der Waals surface area contributed by atoms with Gasteiger partial charge in [-0.05, 0) is 12.8 Å². The van der Waals surface area contributed by atoms with E-state index in [2.05, 4.69) is 30.4 Å². The van der Waals surface area contributed by atoms with Crippen molar-refractivity contribution in [1.82, 2.24) is 9.55 Å². The number of esters is 1. The lowest BCUT2D eigenvalue weighted by Crippen LogP contribution is -2.24. The number of hydrogen-bond donors (Lipinski definition) is 0. The maximum absolute atomic E-state index is 11.5. The summed E-state index contributed by atoms with van der Waals surface area (Å²) in [7, 11) is 3.52. The van der Waals surface area contributed by atoms with Crippen molar-refractivity contribution in [2.75, 3.05) is 7.11 Å². The largest absolute Gasteiger partial charge is 0.469 e. The van der Waals surface area contributed by atoms with E-state index < -0.39 is 0 Å². The molecule has 94 valence electrons. The van der Waals surface area contributed by atoms with Crippen LogP contribution in [0, 0.1) is 5.92 Å². The van der Waals surface area contributed by atoms with Crippen LogP contribution in [0.15, 0.2) is 0 Å². The van der Waals surface area contributed by atoms with Crippen LogP contribution in [0.2, 0.25) is 0 Å². The fraction of sp³-hybridized carbons (Fsp3) is 0.692. The number of hydrogen-bond acceptors (Lipinski definition) is 3. The summed E-state index contributed by atoms with van der Waals surface area (Å²) in [5.74, 6) is 1.41. The molecule has 0 fully saturated rings. The molecule has 4 nitrogen and oxygen atoms in total. The monoisotopic (exact) mass is 236 g/mol. The van der Waals surface area contributed by atoms with Crippen molar-refractivity contribution in [3.8, 4) is 0 Å². The van der Waals surface area contributed by atoms with E-state index in [-0.39, 0.29) is 11.9 Å². The first kappa shape index (κ1) is 12.1. The van der Waals surface area contributed by atoms with Crippen molar-refractivity contribution in [2.24, 2.45) is 13.0 Å². The van der Waals surface area contributed by atoms with Gasteiger partial charge in [-0.3, -0.25) is 4.79 Å². The maximum atomic E-state index is 11.5. The van der Waals surface area contributed by atoms with Gasteiger partial charge in [0.25, 0.3) is 0 Å². The summed E-state index contributed by atoms with van der Waals surface area (Å²) in [5, 5.41) is 0. The van der Waals surface area contributed by atoms with Crippen LogP contribution in [0.4, 0.5) is 0 Å². The Balaban J connectivity index is 2.27. The van der Waals surface area contributed by atoms with Gasteiger partial charge in [-0.2, -0.15) is 0 Å². The molecular weight excluding hydrogens is 216 g/mol. The van der Waals surface area contributed by atoms with Crippen molar-refractivity contribution in [3.63, 3.8) is 0 Å². The molecule has 1 atom stereocenters. The summed E-state index contributed by atoms with van der Waals surface area (Å²) < 4.78 is 7.00. The first-order valence-electron chi connectivity index (χ1n) is 6.16. The maximum Gasteiger partial charge on any atom is 0.309 e. The minimum atomic E-state index is -0.104. The van der Waals surface area contributed by atoms with Gasteiger partial charge in [-0.1, -0.05) is 13.8 Å². The first-order valence-corrected chi connectivity index (χ1v) is 6.16. The zero-order valence-corrected chi connectivity index (χ0v) is 11.0. The van der Waals surface area contributed by atoms with Crippen LogP contribution in [0.25, 0.3) is 0 Å². The predicted molar refractivity (Wildman–Crippen MR) is 64.8 cm³/mol. The molecule has 17 heavy (non-hydrogen) atoms. The average molecular weight is 236 g/mol. The lowest BCUT2D eigenvalue weighted by atomic mass is 9.90. The second-order valence-corrected chi connectivity index (χ2v) is 5.04. The van der Waals surface area contributed by atoms with Crippen LogP contribution in [0.5, 0.6) is 0 Å². The number of fused-ring (bicyclic) bond motifs is 1. The first-order chi connectivity index (χ1) is 8.04. The molecule has 1 heterocycles. The summed E-state index contributed by atoms with van der Waals surface area (Å²) in [5.41, 5.74) is 2.37. The van der Waals surface area contributed by atoms with E-state index in [0.717, 1.165) is 30.8 Å². The lowest BCUT2D eigenvalue weighted by molar-refractivity contribution is -0.145. The standard InChI is InChI=1S/C13H20N2O2/c1-8(2)12-14-10-7-9(13(16)17-4)5-6-11(10)15(12)3/h8-9H,5-7H2,1-4H3. The fourth-order valence-electron chi connectivity index (χ4n) is 2.62. The van der Waals surface area contributed by atoms with Gasteiger partial charge in [0.2, 0.25) is 0 Å². The highest BCUT2D eigenvalue weighted by molar-refractivity contribution is 5.73. The Morgan fingerprint density at radius 3 is 2.82 bits per heavy atom. The van der Waals surface area contributed by atoms with Gasteiger partial charge >= 0.3 is 5.97 Å². The van der Waals surface area contributed by atoms with Crippen LogP contribution in [0.3, 0.4) is 0 Å². The van der Waals surface area contributed by atoms with Gasteiger partial charge in [0.15, 0.2) is 0 Å². The molecule has 0 saturated heterocycles. The van der Waals surface area contributed by atoms with Gasteiger partial charge in [0.1, 0.15) is 5.82 Å². The Hall–Kier alpha value is -1.32. The second kappa shape index (κ2) is 4.51. The van der Waals surface area contributed by atoms with Crippen molar-refractivity contribution >= 4 is 5.97 Å². The zero-order chi connectivity index (χ0) is 12.6. The molecule has 0 aromatic carbocycles. The minimum absolute atomic E-state index is 0.0117. The predicted octanol–water partition coefficient (Wildman–Crippen LogP) is 1.82. The van der Waals surface area contributed by atoms with Crippen molar-refractivity contribution in [1.29, 1.82) is 0 Å². The third kappa shape index (κ3) is 2.08. The normalized spacial score (nSPS) is 19.2. The van der Waals surface area contributed by atoms with Crippen LogP contribution >= 0.6 is 0 Å². The molecule has 4 heteroatoms. The van der Waals surface area contributed by atoms with Gasteiger partial charge in [0, 0.05) is 25.1 Å². The van der Waals surface area contributed by atoms with Crippen LogP contribution in [0.1, 0.15) is 43.4 Å². The molecule has 2 rings (SSSR count). The minimum Gasteiger partial charge on any atom is -0.469 e. The topological polar surface area (TPSA) is 44.1 Å². The molecule has 0 spiro atoms. The molecular formula is C13H20N2O2. The Kier molecular flexibility index (Phi) is 3.22. The molecule has 0 saturated carbocycles. The highest BCUT2D eigenvalue weighted by atomic mass is 16.5. The highest BCUT2D eigenvalue weighted by Crippen LogP contribution is 2.28. The summed E-state index contributed by atoms with van der Waals surface area (Å²) in [6.07, 6.45) is 2.52. The number of ether oxygens (including phenoxy) is 1. The number of carbonyl (C=O) groups excluding carboxylic acids is 1. The quantitative estimate of drug-likeness (QED) is 0.736. The Labute approximate surface area is 102 Å². The fourth-order valence-corrected chi connectivity index (χ4v) is 2.62. The molecule has 1 aromatic heterocycles. The molecule has 1 aromatic rings. The lowest BCUT2D eigenvalue weighted by Gasteiger charge is -2.19. The number of carbonyl (C=O) groups is 1. The van der Waals surface area contributed by atoms with Gasteiger partial charge in [-0.25, -0.2) is 4.98 Å². The van der Waals surface area contributed by atoms with Crippen LogP contribution in [-0.2, 0) is 29.4 Å². The highest BCUT2D eigenvalue weighted by Gasteiger charge is 2.29. The second-order valence-electron chi connectivity index (χ2n) is 5.04. The van der Waals surface area contributed by atoms with E-state index >= 15 is 0 Å². The van der Waals surface area contributed by atoms with E-state index in [1.807, 2.05) is 0 Å². The zero-order valence-electron chi connectivity index (χ0n) is 11.0. The van der Waals surface area contributed by atoms with E-state index in [9.17, 15) is 4.79 Å². The van der Waals surface area contributed by atoms with Crippen molar-refractivity contribution in [3.05, 3.63) is 17.2 Å². The van der Waals surface area contributed by atoms with E-state index in [0.29, 0.717) is 5.92 Å². The number of nitrogens with zero attached hydrogens (tertiary/aromatic N) is 2. The number of aromatic nitrogens is 2. The molecule has 1 aliphatic carbocycles. The van der Waals surface area contributed by atoms with E-state index in [1.165, 1.54) is 12.8 Å². The van der Waals surface area contributed by atoms with Crippen LogP contribution in [-0.4, -0.2) is 22.6 Å². The molecule has 0 amide bonds. The third-order valence-electron chi connectivity index (χ3n) is 3.55. The molecule has 0 radical (unpaired) electrons. The number of methoxy groups -OCH3 is 1. The van der Waals surface area contributed by atoms with E-state index in [1.54, 1.807) is 0 Å². The van der Waals surface area contributed by atoms with E-state index in [4.69, 9.17) is 4.74 Å². The molecule has 0 aliphatic heterocycles. The molecule has 0 N–H and O–H groups in total. The van der Waals surface area contributed by atoms with Crippen molar-refractivity contribution < 1.29 is 9.53 Å². The molecule has 1 unspecified atom stereocenters. The number of rotatable bonds is 2. The number of imidazole rings is 1. The van der Waals surface area contributed by atoms with Crippen LogP contribution < -0.4 is 0 Å². The Morgan fingerprint density at radius 1 is 1.53 bits per heavy atom. The average Bonchev–Trinajstić information content (AvgIpc) is 2.65. The summed E-state index contributed by atoms with van der Waals surface area (Å²) in [6.45, 7) is 4.29. The van der Waals surface area contributed by atoms with Gasteiger partial charge in [0.05, 0.1) is 18.7 Å². The SMILES string of the molecule is COC(=O)C1CCc2c(nc(C(C)C)n2C)C1. The molecule has 1 aliphatic rings. The summed E-state index contributed by atoms with van der Waals surface area (Å²) in [6, 6.07) is 0. The summed E-state index contributed by atoms with van der Waals surface area (Å²) in [4.78, 5) is 16.2. The Morgan fingerprint density at radius 2 is 2.24 bits per heavy atom. The Bertz CT molecular complexity index is 435.